The largest absolute Gasteiger partial charge is 1.00 e. The summed E-state index contributed by atoms with van der Waals surface area (Å²) in [6, 6.07) is 18.5. The molecule has 4 aromatic carbocycles. The molecular weight excluding hydrogens is 519 g/mol. The molecular formula is C32H37NaO7. The minimum atomic E-state index is -0.211. The van der Waals surface area contributed by atoms with Crippen LogP contribution in [-0.2, 0) is 26.1 Å². The first kappa shape index (κ1) is 35.0. The Morgan fingerprint density at radius 3 is 1.12 bits per heavy atom. The van der Waals surface area contributed by atoms with Gasteiger partial charge in [0, 0.05) is 11.1 Å². The Hall–Kier alpha value is -3.04. The molecule has 0 saturated heterocycles. The van der Waals surface area contributed by atoms with Crippen molar-refractivity contribution < 1.29 is 65.7 Å². The van der Waals surface area contributed by atoms with Gasteiger partial charge in [-0.05, 0) is 109 Å². The van der Waals surface area contributed by atoms with Crippen molar-refractivity contribution in [2.75, 3.05) is 0 Å². The molecule has 0 saturated carbocycles. The fourth-order valence-electron chi connectivity index (χ4n) is 4.44. The Morgan fingerprint density at radius 1 is 0.475 bits per heavy atom. The van der Waals surface area contributed by atoms with Crippen LogP contribution in [0.25, 0.3) is 0 Å². The fraction of sp³-hybridized carbons (Fsp3) is 0.250. The first-order valence-corrected chi connectivity index (χ1v) is 12.4. The van der Waals surface area contributed by atoms with Crippen LogP contribution in [0.5, 0.6) is 23.0 Å². The number of benzene rings is 4. The molecule has 208 valence electrons. The van der Waals surface area contributed by atoms with Gasteiger partial charge in [-0.25, -0.2) is 0 Å². The van der Waals surface area contributed by atoms with Gasteiger partial charge in [0.25, 0.3) is 0 Å². The summed E-state index contributed by atoms with van der Waals surface area (Å²) in [6.07, 6.45) is 1.41. The maximum atomic E-state index is 9.82. The molecule has 40 heavy (non-hydrogen) atoms. The minimum absolute atomic E-state index is 0. The normalized spacial score (nSPS) is 10.2. The molecule has 0 aliphatic carbocycles. The Morgan fingerprint density at radius 2 is 0.800 bits per heavy atom. The van der Waals surface area contributed by atoms with E-state index < -0.39 is 0 Å². The number of hydrogen-bond donors (Lipinski definition) is 6. The number of phenolic OH excluding ortho intramolecular Hbond substituents is 2. The molecule has 4 aromatic rings. The molecule has 7 nitrogen and oxygen atoms in total. The maximum Gasteiger partial charge on any atom is 1.00 e. The van der Waals surface area contributed by atoms with E-state index in [1.54, 1.807) is 38.1 Å². The molecule has 0 aromatic heterocycles. The van der Waals surface area contributed by atoms with Crippen LogP contribution >= 0.6 is 0 Å². The second-order valence-electron chi connectivity index (χ2n) is 9.75. The summed E-state index contributed by atoms with van der Waals surface area (Å²) >= 11 is 0. The van der Waals surface area contributed by atoms with E-state index in [0.717, 1.165) is 50.9 Å². The van der Waals surface area contributed by atoms with Gasteiger partial charge in [0.2, 0.25) is 0 Å². The van der Waals surface area contributed by atoms with E-state index in [1.165, 1.54) is 0 Å². The average molecular weight is 557 g/mol. The molecule has 0 heterocycles. The summed E-state index contributed by atoms with van der Waals surface area (Å²) in [5, 5.41) is 57.1. The van der Waals surface area contributed by atoms with Crippen molar-refractivity contribution in [1.82, 2.24) is 0 Å². The Balaban J connectivity index is 0.000000388. The number of phenols is 4. The van der Waals surface area contributed by atoms with E-state index in [2.05, 4.69) is 0 Å². The Kier molecular flexibility index (Phi) is 13.7. The molecule has 7 N–H and O–H groups in total. The zero-order valence-electron chi connectivity index (χ0n) is 23.7. The molecule has 0 radical (unpaired) electrons. The maximum absolute atomic E-state index is 9.82. The van der Waals surface area contributed by atoms with Crippen LogP contribution in [0.3, 0.4) is 0 Å². The summed E-state index contributed by atoms with van der Waals surface area (Å²) in [6.45, 7) is 6.94. The van der Waals surface area contributed by atoms with Crippen LogP contribution in [0.15, 0.2) is 60.7 Å². The number of rotatable bonds is 6. The fourth-order valence-corrected chi connectivity index (χ4v) is 4.44. The summed E-state index contributed by atoms with van der Waals surface area (Å²) in [7, 11) is 0. The smallest absolute Gasteiger partial charge is 0.870 e. The van der Waals surface area contributed by atoms with Gasteiger partial charge in [-0.3, -0.25) is 0 Å². The zero-order chi connectivity index (χ0) is 28.0. The van der Waals surface area contributed by atoms with E-state index in [0.29, 0.717) is 29.0 Å². The molecule has 0 atom stereocenters. The minimum Gasteiger partial charge on any atom is -0.870 e. The van der Waals surface area contributed by atoms with Gasteiger partial charge in [-0.2, -0.15) is 0 Å². The van der Waals surface area contributed by atoms with Crippen LogP contribution in [-0.4, -0.2) is 36.1 Å². The van der Waals surface area contributed by atoms with Gasteiger partial charge in [0.1, 0.15) is 23.0 Å². The quantitative estimate of drug-likeness (QED) is 0.200. The van der Waals surface area contributed by atoms with Gasteiger partial charge in [-0.1, -0.05) is 36.4 Å². The van der Waals surface area contributed by atoms with Crippen LogP contribution < -0.4 is 29.6 Å². The first-order valence-electron chi connectivity index (χ1n) is 12.4. The molecule has 0 amide bonds. The number of aliphatic hydroxyl groups excluding tert-OH is 2. The number of aromatic hydroxyl groups is 4. The topological polar surface area (TPSA) is 151 Å². The summed E-state index contributed by atoms with van der Waals surface area (Å²) < 4.78 is 0. The molecule has 4 rings (SSSR count). The van der Waals surface area contributed by atoms with Crippen LogP contribution in [0, 0.1) is 27.7 Å². The molecule has 0 bridgehead atoms. The van der Waals surface area contributed by atoms with Crippen molar-refractivity contribution in [2.45, 2.75) is 53.8 Å². The average Bonchev–Trinajstić information content (AvgIpc) is 2.88. The Labute approximate surface area is 257 Å². The second kappa shape index (κ2) is 15.7. The third-order valence-electron chi connectivity index (χ3n) is 6.56. The number of aryl methyl sites for hydroxylation is 4. The molecule has 0 spiro atoms. The van der Waals surface area contributed by atoms with E-state index in [4.69, 9.17) is 0 Å². The van der Waals surface area contributed by atoms with Crippen molar-refractivity contribution in [3.63, 3.8) is 0 Å². The predicted molar refractivity (Wildman–Crippen MR) is 151 cm³/mol. The van der Waals surface area contributed by atoms with E-state index in [-0.39, 0.29) is 59.7 Å². The summed E-state index contributed by atoms with van der Waals surface area (Å²) in [4.78, 5) is 0. The van der Waals surface area contributed by atoms with Gasteiger partial charge in [0.15, 0.2) is 0 Å². The number of hydrogen-bond acceptors (Lipinski definition) is 7. The van der Waals surface area contributed by atoms with E-state index in [1.807, 2.05) is 50.2 Å². The van der Waals surface area contributed by atoms with Gasteiger partial charge >= 0.3 is 29.6 Å². The van der Waals surface area contributed by atoms with Crippen molar-refractivity contribution in [3.05, 3.63) is 116 Å². The first-order chi connectivity index (χ1) is 18.0. The van der Waals surface area contributed by atoms with Crippen LogP contribution in [0.1, 0.15) is 55.6 Å². The van der Waals surface area contributed by atoms with Gasteiger partial charge in [-0.15, -0.1) is 0 Å². The Bertz CT molecular complexity index is 1330. The summed E-state index contributed by atoms with van der Waals surface area (Å²) in [5.74, 6) is 0.907. The molecule has 0 fully saturated rings. The SMILES string of the molecule is Cc1cc(Cc2cc(C)c(O)c(CO)c2)cc(CO)c1O.Cc1cc(Cc2ccc(O)c(C)c2)ccc1O.[Na+].[OH-]. The third-order valence-corrected chi connectivity index (χ3v) is 6.56. The predicted octanol–water partition coefficient (Wildman–Crippen LogP) is 2.42. The molecule has 0 aliphatic rings. The van der Waals surface area contributed by atoms with Crippen molar-refractivity contribution >= 4 is 0 Å². The van der Waals surface area contributed by atoms with Crippen molar-refractivity contribution in [3.8, 4) is 23.0 Å². The molecule has 0 unspecified atom stereocenters. The monoisotopic (exact) mass is 556 g/mol. The number of aliphatic hydroxyl groups is 2. The standard InChI is InChI=1S/C17H20O4.C15H16O2.Na.H2O/c1-10-3-12(6-14(8-18)16(10)20)5-13-4-11(2)17(21)15(7-13)9-19;1-10-7-12(3-5-14(10)16)9-13-4-6-15(17)11(2)8-13;;/h3-4,6-7,18-21H,5,8-9H2,1-2H3;3-8,16-17H,9H2,1-2H3;;1H2/q;;+1;/p-1. The van der Waals surface area contributed by atoms with Gasteiger partial charge < -0.3 is 36.1 Å². The van der Waals surface area contributed by atoms with Crippen LogP contribution in [0.4, 0.5) is 0 Å². The zero-order valence-corrected chi connectivity index (χ0v) is 25.7. The van der Waals surface area contributed by atoms with E-state index in [9.17, 15) is 30.6 Å². The van der Waals surface area contributed by atoms with Crippen LogP contribution in [0.2, 0.25) is 0 Å². The van der Waals surface area contributed by atoms with Gasteiger partial charge in [0.05, 0.1) is 13.2 Å². The van der Waals surface area contributed by atoms with E-state index >= 15 is 0 Å². The van der Waals surface area contributed by atoms with Crippen molar-refractivity contribution in [2.24, 2.45) is 0 Å². The third kappa shape index (κ3) is 8.99. The molecule has 0 aliphatic heterocycles. The summed E-state index contributed by atoms with van der Waals surface area (Å²) in [5.41, 5.74) is 8.45. The van der Waals surface area contributed by atoms with Crippen molar-refractivity contribution in [1.29, 1.82) is 0 Å². The second-order valence-corrected chi connectivity index (χ2v) is 9.75. The molecule has 8 heteroatoms.